The highest BCUT2D eigenvalue weighted by atomic mass is 32.2. The van der Waals surface area contributed by atoms with E-state index >= 15 is 0 Å². The number of urea groups is 1. The first kappa shape index (κ1) is 29.9. The fourth-order valence-corrected chi connectivity index (χ4v) is 6.27. The molecule has 0 saturated carbocycles. The summed E-state index contributed by atoms with van der Waals surface area (Å²) in [6, 6.07) is 34.6. The number of aliphatic hydroxyl groups is 1. The topological polar surface area (TPSA) is 79.8 Å². The highest BCUT2D eigenvalue weighted by Crippen LogP contribution is 2.43. The molecule has 218 valence electrons. The van der Waals surface area contributed by atoms with Crippen LogP contribution >= 0.6 is 11.8 Å². The SMILES string of the molecule is CCNC(=O)NCc1ccccc1-c1ccc(C2OC(CSc3ccccc3)C(C)C(c3ccc(CO)cc3)O2)cc1. The van der Waals surface area contributed by atoms with Gasteiger partial charge < -0.3 is 25.2 Å². The number of amides is 2. The number of hydrogen-bond donors (Lipinski definition) is 3. The Morgan fingerprint density at radius 2 is 1.52 bits per heavy atom. The molecule has 1 saturated heterocycles. The van der Waals surface area contributed by atoms with E-state index in [1.807, 2.05) is 55.5 Å². The van der Waals surface area contributed by atoms with Crippen molar-refractivity contribution in [2.45, 2.75) is 50.4 Å². The van der Waals surface area contributed by atoms with Gasteiger partial charge in [0.05, 0.1) is 18.8 Å². The van der Waals surface area contributed by atoms with Crippen molar-refractivity contribution in [3.05, 3.63) is 125 Å². The Balaban J connectivity index is 1.36. The van der Waals surface area contributed by atoms with Crippen molar-refractivity contribution in [1.29, 1.82) is 0 Å². The second-order valence-electron chi connectivity index (χ2n) is 10.4. The Labute approximate surface area is 252 Å². The van der Waals surface area contributed by atoms with E-state index in [-0.39, 0.29) is 30.8 Å². The molecule has 7 heteroatoms. The lowest BCUT2D eigenvalue weighted by atomic mass is 9.91. The standard InChI is InChI=1S/C35H38N2O4S/c1-3-36-35(39)37-21-29-9-7-8-12-31(29)26-17-19-28(20-18-26)34-40-32(23-42-30-10-5-4-6-11-30)24(2)33(41-34)27-15-13-25(22-38)14-16-27/h4-20,24,32-34,38H,3,21-23H2,1-2H3,(H2,36,37,39). The van der Waals surface area contributed by atoms with Crippen LogP contribution in [0.3, 0.4) is 0 Å². The molecule has 1 fully saturated rings. The molecule has 0 aromatic heterocycles. The van der Waals surface area contributed by atoms with E-state index < -0.39 is 6.29 Å². The normalized spacial score (nSPS) is 20.2. The van der Waals surface area contributed by atoms with Crippen LogP contribution in [0.4, 0.5) is 4.79 Å². The van der Waals surface area contributed by atoms with Gasteiger partial charge in [-0.2, -0.15) is 0 Å². The van der Waals surface area contributed by atoms with Crippen molar-refractivity contribution in [3.8, 4) is 11.1 Å². The van der Waals surface area contributed by atoms with Crippen molar-refractivity contribution in [3.63, 3.8) is 0 Å². The number of benzene rings is 4. The zero-order valence-electron chi connectivity index (χ0n) is 24.0. The highest BCUT2D eigenvalue weighted by Gasteiger charge is 2.38. The van der Waals surface area contributed by atoms with Gasteiger partial charge in [0, 0.05) is 35.2 Å². The summed E-state index contributed by atoms with van der Waals surface area (Å²) in [7, 11) is 0. The maximum atomic E-state index is 12.0. The lowest BCUT2D eigenvalue weighted by Gasteiger charge is -2.41. The van der Waals surface area contributed by atoms with Crippen LogP contribution in [-0.4, -0.2) is 29.5 Å². The number of nitrogens with one attached hydrogen (secondary N) is 2. The van der Waals surface area contributed by atoms with Crippen molar-refractivity contribution < 1.29 is 19.4 Å². The Bertz CT molecular complexity index is 1430. The molecular weight excluding hydrogens is 544 g/mol. The summed E-state index contributed by atoms with van der Waals surface area (Å²) in [5, 5.41) is 15.2. The molecule has 4 aromatic carbocycles. The van der Waals surface area contributed by atoms with E-state index in [0.29, 0.717) is 13.1 Å². The average Bonchev–Trinajstić information content (AvgIpc) is 3.04. The molecule has 3 N–H and O–H groups in total. The molecule has 4 unspecified atom stereocenters. The molecule has 1 aliphatic rings. The fraction of sp³-hybridized carbons (Fsp3) is 0.286. The maximum Gasteiger partial charge on any atom is 0.315 e. The first-order valence-corrected chi connectivity index (χ1v) is 15.4. The third-order valence-electron chi connectivity index (χ3n) is 7.57. The van der Waals surface area contributed by atoms with Gasteiger partial charge in [0.1, 0.15) is 0 Å². The van der Waals surface area contributed by atoms with Crippen LogP contribution in [0.5, 0.6) is 0 Å². The van der Waals surface area contributed by atoms with Crippen molar-refractivity contribution >= 4 is 17.8 Å². The van der Waals surface area contributed by atoms with E-state index in [2.05, 4.69) is 72.2 Å². The molecular formula is C35H38N2O4S. The molecule has 0 bridgehead atoms. The molecule has 1 aliphatic heterocycles. The lowest BCUT2D eigenvalue weighted by Crippen LogP contribution is -2.38. The van der Waals surface area contributed by atoms with E-state index in [0.717, 1.165) is 39.1 Å². The largest absolute Gasteiger partial charge is 0.392 e. The van der Waals surface area contributed by atoms with Crippen LogP contribution in [0.25, 0.3) is 11.1 Å². The van der Waals surface area contributed by atoms with Crippen LogP contribution in [0, 0.1) is 5.92 Å². The summed E-state index contributed by atoms with van der Waals surface area (Å²) in [4.78, 5) is 13.2. The number of rotatable bonds is 10. The minimum atomic E-state index is -0.520. The lowest BCUT2D eigenvalue weighted by molar-refractivity contribution is -0.268. The second kappa shape index (κ2) is 14.5. The minimum Gasteiger partial charge on any atom is -0.392 e. The molecule has 5 rings (SSSR count). The van der Waals surface area contributed by atoms with E-state index in [1.54, 1.807) is 11.8 Å². The van der Waals surface area contributed by atoms with E-state index in [9.17, 15) is 9.90 Å². The predicted octanol–water partition coefficient (Wildman–Crippen LogP) is 7.25. The number of hydrogen-bond acceptors (Lipinski definition) is 5. The van der Waals surface area contributed by atoms with Gasteiger partial charge in [0.25, 0.3) is 0 Å². The van der Waals surface area contributed by atoms with Gasteiger partial charge in [-0.25, -0.2) is 4.79 Å². The predicted molar refractivity (Wildman–Crippen MR) is 168 cm³/mol. The van der Waals surface area contributed by atoms with E-state index in [1.165, 1.54) is 4.90 Å². The molecule has 4 atom stereocenters. The number of carbonyl (C=O) groups is 1. The van der Waals surface area contributed by atoms with Gasteiger partial charge in [0.15, 0.2) is 6.29 Å². The smallest absolute Gasteiger partial charge is 0.315 e. The molecule has 4 aromatic rings. The summed E-state index contributed by atoms with van der Waals surface area (Å²) in [6.07, 6.45) is -0.704. The summed E-state index contributed by atoms with van der Waals surface area (Å²) >= 11 is 1.79. The monoisotopic (exact) mass is 582 g/mol. The third-order valence-corrected chi connectivity index (χ3v) is 8.67. The van der Waals surface area contributed by atoms with Gasteiger partial charge >= 0.3 is 6.03 Å². The van der Waals surface area contributed by atoms with Gasteiger partial charge in [-0.3, -0.25) is 0 Å². The van der Waals surface area contributed by atoms with E-state index in [4.69, 9.17) is 9.47 Å². The molecule has 1 heterocycles. The van der Waals surface area contributed by atoms with Crippen LogP contribution in [0.2, 0.25) is 0 Å². The van der Waals surface area contributed by atoms with Gasteiger partial charge in [-0.05, 0) is 46.9 Å². The van der Waals surface area contributed by atoms with Crippen LogP contribution in [0.15, 0.2) is 108 Å². The van der Waals surface area contributed by atoms with Crippen molar-refractivity contribution in [2.24, 2.45) is 5.92 Å². The Kier molecular flexibility index (Phi) is 10.3. The zero-order valence-corrected chi connectivity index (χ0v) is 24.8. The average molecular weight is 583 g/mol. The summed E-state index contributed by atoms with van der Waals surface area (Å²) in [6.45, 7) is 5.12. The molecule has 0 radical (unpaired) electrons. The fourth-order valence-electron chi connectivity index (χ4n) is 5.18. The van der Waals surface area contributed by atoms with Crippen LogP contribution in [-0.2, 0) is 22.6 Å². The summed E-state index contributed by atoms with van der Waals surface area (Å²) < 4.78 is 13.3. The highest BCUT2D eigenvalue weighted by molar-refractivity contribution is 7.99. The molecule has 2 amide bonds. The van der Waals surface area contributed by atoms with Crippen molar-refractivity contribution in [2.75, 3.05) is 12.3 Å². The number of aliphatic hydroxyl groups excluding tert-OH is 1. The van der Waals surface area contributed by atoms with Gasteiger partial charge in [-0.15, -0.1) is 11.8 Å². The quantitative estimate of drug-likeness (QED) is 0.172. The van der Waals surface area contributed by atoms with Crippen molar-refractivity contribution in [1.82, 2.24) is 10.6 Å². The summed E-state index contributed by atoms with van der Waals surface area (Å²) in [5.41, 5.74) is 6.08. The number of carbonyl (C=O) groups excluding carboxylic acids is 1. The third kappa shape index (κ3) is 7.41. The zero-order chi connectivity index (χ0) is 29.3. The summed E-state index contributed by atoms with van der Waals surface area (Å²) in [5.74, 6) is 0.932. The first-order valence-electron chi connectivity index (χ1n) is 14.4. The molecule has 0 spiro atoms. The number of thioether (sulfide) groups is 1. The van der Waals surface area contributed by atoms with Crippen LogP contribution < -0.4 is 10.6 Å². The number of ether oxygens (including phenoxy) is 2. The van der Waals surface area contributed by atoms with Crippen LogP contribution in [0.1, 0.15) is 48.5 Å². The Morgan fingerprint density at radius 1 is 0.833 bits per heavy atom. The molecule has 42 heavy (non-hydrogen) atoms. The van der Waals surface area contributed by atoms with Gasteiger partial charge in [-0.1, -0.05) is 97.9 Å². The first-order chi connectivity index (χ1) is 20.6. The Hall–Kier alpha value is -3.62. The minimum absolute atomic E-state index is 0.0148. The molecule has 0 aliphatic carbocycles. The Morgan fingerprint density at radius 3 is 2.24 bits per heavy atom. The van der Waals surface area contributed by atoms with Gasteiger partial charge in [0.2, 0.25) is 0 Å². The second-order valence-corrected chi connectivity index (χ2v) is 11.5. The maximum absolute atomic E-state index is 12.0. The molecule has 6 nitrogen and oxygen atoms in total.